The molecule has 308 valence electrons. The Balaban J connectivity index is 6.50. The molecule has 0 saturated heterocycles. The second-order valence-corrected chi connectivity index (χ2v) is 9.31. The molecule has 0 aromatic carbocycles. The van der Waals surface area contributed by atoms with Crippen LogP contribution in [0.25, 0.3) is 0 Å². The molecule has 0 aliphatic heterocycles. The van der Waals surface area contributed by atoms with Gasteiger partial charge in [-0.1, -0.05) is 3.89 Å². The van der Waals surface area contributed by atoms with Gasteiger partial charge < -0.3 is 4.74 Å². The van der Waals surface area contributed by atoms with Crippen LogP contribution in [0.5, 0.6) is 0 Å². The van der Waals surface area contributed by atoms with Gasteiger partial charge in [-0.2, -0.15) is 91.8 Å². The van der Waals surface area contributed by atoms with E-state index in [1.165, 1.54) is 18.9 Å². The molecule has 0 aliphatic rings. The lowest BCUT2D eigenvalue weighted by Gasteiger charge is -2.38. The minimum atomic E-state index is -8.13. The molecule has 0 amide bonds. The van der Waals surface area contributed by atoms with Crippen molar-refractivity contribution < 1.29 is 156 Å². The third kappa shape index (κ3) is 11.0. The third-order valence-electron chi connectivity index (χ3n) is 4.12. The number of hydrogen-bond donors (Lipinski definition) is 0. The highest BCUT2D eigenvalue weighted by atomic mass is 32.3. The first-order valence-corrected chi connectivity index (χ1v) is 11.9. The normalized spacial score (nSPS) is 17.1. The van der Waals surface area contributed by atoms with Gasteiger partial charge in [0.05, 0.1) is 0 Å². The van der Waals surface area contributed by atoms with Crippen LogP contribution in [0.1, 0.15) is 0 Å². The lowest BCUT2D eigenvalue weighted by atomic mass is 10.4. The van der Waals surface area contributed by atoms with Gasteiger partial charge in [-0.15, -0.1) is 17.6 Å². The van der Waals surface area contributed by atoms with Crippen molar-refractivity contribution in [3.8, 4) is 0 Å². The van der Waals surface area contributed by atoms with Crippen molar-refractivity contribution in [3.05, 3.63) is 0 Å². The second kappa shape index (κ2) is 14.3. The minimum absolute atomic E-state index is 0.119. The van der Waals surface area contributed by atoms with Gasteiger partial charge in [0.1, 0.15) is 0 Å². The van der Waals surface area contributed by atoms with Crippen molar-refractivity contribution in [1.29, 1.82) is 0 Å². The molecule has 0 bridgehead atoms. The van der Waals surface area contributed by atoms with Gasteiger partial charge in [0, 0.05) is 14.2 Å². The predicted molar refractivity (Wildman–Crippen MR) is 94.8 cm³/mol. The van der Waals surface area contributed by atoms with E-state index in [4.69, 9.17) is 0 Å². The topological polar surface area (TPSA) is 117 Å². The summed E-state index contributed by atoms with van der Waals surface area (Å²) in [6, 6.07) is -7.13. The Labute approximate surface area is 261 Å². The molecular formula is C15H8F24O11S. The highest BCUT2D eigenvalue weighted by Crippen LogP contribution is 2.53. The van der Waals surface area contributed by atoms with Crippen LogP contribution in [0.2, 0.25) is 0 Å². The van der Waals surface area contributed by atoms with Gasteiger partial charge in [0.2, 0.25) is 0 Å². The molecule has 0 N–H and O–H groups in total. The number of alkyl halides is 23. The molecule has 11 nitrogen and oxygen atoms in total. The van der Waals surface area contributed by atoms with Gasteiger partial charge in [-0.25, -0.2) is 28.4 Å². The van der Waals surface area contributed by atoms with Gasteiger partial charge in [-0.05, 0) is 0 Å². The molecule has 0 spiro atoms. The van der Waals surface area contributed by atoms with Crippen LogP contribution in [0.4, 0.5) is 105 Å². The van der Waals surface area contributed by atoms with Crippen LogP contribution in [0.3, 0.4) is 0 Å². The molecule has 0 aromatic heterocycles. The average Bonchev–Trinajstić information content (AvgIpc) is 2.82. The van der Waals surface area contributed by atoms with Crippen LogP contribution in [-0.2, 0) is 52.9 Å². The minimum Gasteiger partial charge on any atom is -0.358 e. The summed E-state index contributed by atoms with van der Waals surface area (Å²) in [4.78, 5) is 0. The summed E-state index contributed by atoms with van der Waals surface area (Å²) >= 11 is 0. The molecule has 0 fully saturated rings. The lowest BCUT2D eigenvalue weighted by molar-refractivity contribution is -0.610. The summed E-state index contributed by atoms with van der Waals surface area (Å²) in [6.45, 7) is -2.50. The second-order valence-electron chi connectivity index (χ2n) is 7.92. The van der Waals surface area contributed by atoms with Crippen LogP contribution in [0, 0.1) is 0 Å². The Kier molecular flexibility index (Phi) is 13.7. The van der Waals surface area contributed by atoms with E-state index in [0.29, 0.717) is 0 Å². The van der Waals surface area contributed by atoms with Crippen molar-refractivity contribution in [2.75, 3.05) is 21.0 Å². The van der Waals surface area contributed by atoms with E-state index < -0.39 is 89.8 Å². The van der Waals surface area contributed by atoms with Crippen molar-refractivity contribution in [1.82, 2.24) is 0 Å². The van der Waals surface area contributed by atoms with Gasteiger partial charge in [0.25, 0.3) is 0 Å². The summed E-state index contributed by atoms with van der Waals surface area (Å²) < 4.78 is 360. The number of methoxy groups -OCH3 is 2. The van der Waals surface area contributed by atoms with Crippen molar-refractivity contribution >= 4 is 10.2 Å². The van der Waals surface area contributed by atoms with Crippen molar-refractivity contribution in [3.63, 3.8) is 0 Å². The Morgan fingerprint density at radius 2 is 0.706 bits per heavy atom. The van der Waals surface area contributed by atoms with Crippen LogP contribution >= 0.6 is 0 Å². The monoisotopic (exact) mass is 852 g/mol. The summed E-state index contributed by atoms with van der Waals surface area (Å²) in [5, 5.41) is -7.54. The van der Waals surface area contributed by atoms with Crippen molar-refractivity contribution in [2.45, 2.75) is 72.8 Å². The Morgan fingerprint density at radius 1 is 0.412 bits per heavy atom. The highest BCUT2D eigenvalue weighted by molar-refractivity contribution is 7.87. The summed E-state index contributed by atoms with van der Waals surface area (Å²) in [6.07, 6.45) is -75.7. The first-order chi connectivity index (χ1) is 21.9. The zero-order chi connectivity index (χ0) is 41.6. The predicted octanol–water partition coefficient (Wildman–Crippen LogP) is 6.71. The zero-order valence-corrected chi connectivity index (χ0v) is 23.5. The Bertz CT molecular complexity index is 1290. The molecule has 51 heavy (non-hydrogen) atoms. The quantitative estimate of drug-likeness (QED) is 0.0658. The van der Waals surface area contributed by atoms with E-state index in [1.807, 2.05) is 9.47 Å². The van der Waals surface area contributed by atoms with Crippen LogP contribution < -0.4 is 0 Å². The Morgan fingerprint density at radius 3 is 1.00 bits per heavy atom. The SMILES string of the molecule is COCOC(F)(OC(F)(F)C(F)(F)S(=O)(=O)F)C(F)(F)OC(F)(F)C(F)(F)OC(F)(F)C(F)(F)OC(F)(F)OC(F)(F)C(F)(F)OC(F)(F)OC. The van der Waals surface area contributed by atoms with E-state index in [0.717, 1.165) is 0 Å². The molecular weight excluding hydrogens is 844 g/mol. The van der Waals surface area contributed by atoms with Gasteiger partial charge in [0.15, 0.2) is 6.79 Å². The van der Waals surface area contributed by atoms with E-state index in [-0.39, 0.29) is 14.2 Å². The van der Waals surface area contributed by atoms with E-state index in [2.05, 4.69) is 14.2 Å². The number of rotatable bonds is 22. The highest BCUT2D eigenvalue weighted by Gasteiger charge is 2.80. The zero-order valence-electron chi connectivity index (χ0n) is 22.7. The average molecular weight is 852 g/mol. The first kappa shape index (κ1) is 48.9. The summed E-state index contributed by atoms with van der Waals surface area (Å²) in [5.74, 6) is 0. The molecule has 0 rings (SSSR count). The lowest BCUT2D eigenvalue weighted by Crippen LogP contribution is -2.63. The molecule has 1 atom stereocenters. The maximum absolute atomic E-state index is 14.4. The molecule has 0 aromatic rings. The van der Waals surface area contributed by atoms with Crippen LogP contribution in [0.15, 0.2) is 0 Å². The smallest absolute Gasteiger partial charge is 0.358 e. The summed E-state index contributed by atoms with van der Waals surface area (Å²) in [5.41, 5.74) is 0. The Hall–Kier alpha value is -2.09. The summed E-state index contributed by atoms with van der Waals surface area (Å²) in [7, 11) is -8.29. The fraction of sp³-hybridized carbons (Fsp3) is 1.00. The van der Waals surface area contributed by atoms with Gasteiger partial charge >= 0.3 is 83.0 Å². The molecule has 0 saturated carbocycles. The maximum atomic E-state index is 14.4. The number of halogens is 24. The number of ether oxygens (including phenoxy) is 9. The largest absolute Gasteiger partial charge is 0.495 e. The van der Waals surface area contributed by atoms with Gasteiger partial charge in [-0.3, -0.25) is 9.47 Å². The van der Waals surface area contributed by atoms with Crippen molar-refractivity contribution in [2.24, 2.45) is 0 Å². The molecule has 0 aliphatic carbocycles. The molecule has 0 heterocycles. The van der Waals surface area contributed by atoms with E-state index in [9.17, 15) is 113 Å². The molecule has 1 unspecified atom stereocenters. The third-order valence-corrected chi connectivity index (χ3v) is 4.97. The molecule has 36 heteroatoms. The van der Waals surface area contributed by atoms with Crippen LogP contribution in [-0.4, -0.2) is 102 Å². The fourth-order valence-electron chi connectivity index (χ4n) is 1.92. The first-order valence-electron chi connectivity index (χ1n) is 10.5. The molecule has 0 radical (unpaired) electrons. The fourth-order valence-corrected chi connectivity index (χ4v) is 2.25. The maximum Gasteiger partial charge on any atom is 0.495 e. The number of hydrogen-bond acceptors (Lipinski definition) is 11. The van der Waals surface area contributed by atoms with E-state index >= 15 is 0 Å². The van der Waals surface area contributed by atoms with E-state index in [1.54, 1.807) is 0 Å². The standard InChI is InChI=1S/C15H8F24O11S/c1-42-3-44-13(34,47-10(28,29)12(32,33)51(39,40)41)11(30,31)46-5(18,19)4(16,17)45-6(20,21)7(22,23)49-15(37,38)50-9(26,27)8(24,25)48-14(35,36)43-2/h3H2,1-2H3.